The van der Waals surface area contributed by atoms with E-state index in [2.05, 4.69) is 17.1 Å². The number of piperidine rings is 1. The van der Waals surface area contributed by atoms with Crippen LogP contribution in [-0.2, 0) is 9.59 Å². The number of methoxy groups -OCH3 is 2. The molecule has 0 radical (unpaired) electrons. The first-order valence-electron chi connectivity index (χ1n) is 10.4. The third-order valence-corrected chi connectivity index (χ3v) is 6.39. The Bertz CT molecular complexity index is 865. The number of nitrogens with one attached hydrogen (secondary N) is 1. The number of carbonyl (C=O) groups is 3. The molecule has 0 saturated carbocycles. The molecule has 2 aliphatic heterocycles. The van der Waals surface area contributed by atoms with Crippen LogP contribution in [0.2, 0.25) is 0 Å². The Hall–Kier alpha value is -2.52. The smallest absolute Gasteiger partial charge is 0.293 e. The summed E-state index contributed by atoms with van der Waals surface area (Å²) in [5.41, 5.74) is 0.729. The van der Waals surface area contributed by atoms with Crippen LogP contribution in [0.25, 0.3) is 6.08 Å². The van der Waals surface area contributed by atoms with E-state index in [0.29, 0.717) is 28.9 Å². The molecule has 0 atom stereocenters. The number of amides is 3. The highest BCUT2D eigenvalue weighted by Gasteiger charge is 2.34. The normalized spacial score (nSPS) is 19.2. The predicted octanol–water partition coefficient (Wildman–Crippen LogP) is 2.59. The average molecular weight is 448 g/mol. The molecule has 0 spiro atoms. The van der Waals surface area contributed by atoms with Crippen LogP contribution in [0, 0.1) is 5.92 Å². The van der Waals surface area contributed by atoms with Crippen LogP contribution in [0.4, 0.5) is 4.79 Å². The second kappa shape index (κ2) is 10.7. The van der Waals surface area contributed by atoms with Gasteiger partial charge < -0.3 is 14.8 Å². The number of imide groups is 1. The Morgan fingerprint density at radius 3 is 2.58 bits per heavy atom. The maximum absolute atomic E-state index is 12.7. The first-order valence-corrected chi connectivity index (χ1v) is 11.2. The van der Waals surface area contributed by atoms with Crippen molar-refractivity contribution in [3.05, 3.63) is 28.7 Å². The zero-order valence-electron chi connectivity index (χ0n) is 18.2. The fourth-order valence-corrected chi connectivity index (χ4v) is 4.44. The van der Waals surface area contributed by atoms with Crippen LogP contribution in [-0.4, -0.2) is 73.8 Å². The summed E-state index contributed by atoms with van der Waals surface area (Å²) in [5, 5.41) is 2.48. The minimum absolute atomic E-state index is 0.0811. The third-order valence-electron chi connectivity index (χ3n) is 5.48. The van der Waals surface area contributed by atoms with Crippen LogP contribution in [0.1, 0.15) is 25.3 Å². The van der Waals surface area contributed by atoms with Crippen molar-refractivity contribution in [3.63, 3.8) is 0 Å². The van der Waals surface area contributed by atoms with Gasteiger partial charge >= 0.3 is 0 Å². The van der Waals surface area contributed by atoms with Gasteiger partial charge in [0.15, 0.2) is 11.5 Å². The van der Waals surface area contributed by atoms with E-state index in [0.717, 1.165) is 43.3 Å². The average Bonchev–Trinajstić information content (AvgIpc) is 3.02. The molecule has 1 aromatic carbocycles. The third kappa shape index (κ3) is 6.01. The largest absolute Gasteiger partial charge is 0.493 e. The molecule has 168 valence electrons. The molecule has 8 nitrogen and oxygen atoms in total. The van der Waals surface area contributed by atoms with E-state index >= 15 is 0 Å². The van der Waals surface area contributed by atoms with Gasteiger partial charge in [-0.15, -0.1) is 0 Å². The van der Waals surface area contributed by atoms with Gasteiger partial charge in [-0.2, -0.15) is 0 Å². The minimum Gasteiger partial charge on any atom is -0.493 e. The number of carbonyl (C=O) groups excluding carboxylic acids is 3. The fourth-order valence-electron chi connectivity index (χ4n) is 3.57. The van der Waals surface area contributed by atoms with Gasteiger partial charge in [-0.25, -0.2) is 0 Å². The van der Waals surface area contributed by atoms with E-state index in [1.54, 1.807) is 31.4 Å². The van der Waals surface area contributed by atoms with Crippen LogP contribution in [0.3, 0.4) is 0 Å². The van der Waals surface area contributed by atoms with Crippen molar-refractivity contribution in [2.24, 2.45) is 5.92 Å². The summed E-state index contributed by atoms with van der Waals surface area (Å²) in [6, 6.07) is 5.28. The molecule has 0 aromatic heterocycles. The van der Waals surface area contributed by atoms with Gasteiger partial charge in [0.2, 0.25) is 5.91 Å². The van der Waals surface area contributed by atoms with E-state index in [1.165, 1.54) is 12.0 Å². The number of rotatable bonds is 8. The Labute approximate surface area is 186 Å². The standard InChI is InChI=1S/C22H29N3O5S/c1-15-6-9-24(10-7-15)14-20(26)23-8-11-25-21(27)19(31-22(25)28)13-16-4-5-17(29-2)18(12-16)30-3/h4-5,12-13,15H,6-11,14H2,1-3H3,(H,23,26). The highest BCUT2D eigenvalue weighted by molar-refractivity contribution is 8.18. The van der Waals surface area contributed by atoms with Crippen molar-refractivity contribution in [1.82, 2.24) is 15.1 Å². The molecule has 2 aliphatic rings. The molecule has 31 heavy (non-hydrogen) atoms. The first-order chi connectivity index (χ1) is 14.9. The summed E-state index contributed by atoms with van der Waals surface area (Å²) < 4.78 is 10.5. The number of ether oxygens (including phenoxy) is 2. The number of benzene rings is 1. The topological polar surface area (TPSA) is 88.2 Å². The van der Waals surface area contributed by atoms with Gasteiger partial charge in [0, 0.05) is 13.1 Å². The Morgan fingerprint density at radius 1 is 1.19 bits per heavy atom. The Balaban J connectivity index is 1.52. The zero-order chi connectivity index (χ0) is 22.4. The molecule has 2 saturated heterocycles. The number of thioether (sulfide) groups is 1. The van der Waals surface area contributed by atoms with Crippen molar-refractivity contribution in [1.29, 1.82) is 0 Å². The molecule has 0 bridgehead atoms. The molecular weight excluding hydrogens is 418 g/mol. The lowest BCUT2D eigenvalue weighted by Crippen LogP contribution is -2.43. The molecule has 9 heteroatoms. The summed E-state index contributed by atoms with van der Waals surface area (Å²) in [4.78, 5) is 40.8. The van der Waals surface area contributed by atoms with Gasteiger partial charge in [0.25, 0.3) is 11.1 Å². The first kappa shape index (κ1) is 23.1. The van der Waals surface area contributed by atoms with Gasteiger partial charge in [0.05, 0.1) is 25.7 Å². The summed E-state index contributed by atoms with van der Waals surface area (Å²) in [6.07, 6.45) is 3.87. The van der Waals surface area contributed by atoms with E-state index in [9.17, 15) is 14.4 Å². The van der Waals surface area contributed by atoms with Crippen LogP contribution >= 0.6 is 11.8 Å². The van der Waals surface area contributed by atoms with E-state index in [1.807, 2.05) is 0 Å². The number of hydrogen-bond acceptors (Lipinski definition) is 7. The lowest BCUT2D eigenvalue weighted by atomic mass is 9.99. The maximum atomic E-state index is 12.7. The monoisotopic (exact) mass is 447 g/mol. The number of hydrogen-bond donors (Lipinski definition) is 1. The van der Waals surface area contributed by atoms with Gasteiger partial charge in [-0.1, -0.05) is 13.0 Å². The minimum atomic E-state index is -0.357. The number of nitrogens with zero attached hydrogens (tertiary/aromatic N) is 2. The molecule has 1 N–H and O–H groups in total. The Kier molecular flexibility index (Phi) is 7.97. The maximum Gasteiger partial charge on any atom is 0.293 e. The molecular formula is C22H29N3O5S. The molecule has 0 unspecified atom stereocenters. The van der Waals surface area contributed by atoms with Crippen molar-refractivity contribution in [3.8, 4) is 11.5 Å². The van der Waals surface area contributed by atoms with Crippen LogP contribution in [0.15, 0.2) is 23.1 Å². The van der Waals surface area contributed by atoms with Gasteiger partial charge in [-0.05, 0) is 67.4 Å². The SMILES string of the molecule is COc1ccc(C=C2SC(=O)N(CCNC(=O)CN3CCC(C)CC3)C2=O)cc1OC. The summed E-state index contributed by atoms with van der Waals surface area (Å²) in [6.45, 7) is 4.83. The predicted molar refractivity (Wildman–Crippen MR) is 120 cm³/mol. The van der Waals surface area contributed by atoms with Crippen molar-refractivity contribution in [2.75, 3.05) is 46.9 Å². The Morgan fingerprint density at radius 2 is 1.90 bits per heavy atom. The van der Waals surface area contributed by atoms with E-state index in [-0.39, 0.29) is 30.1 Å². The zero-order valence-corrected chi connectivity index (χ0v) is 19.0. The number of likely N-dealkylation sites (tertiary alicyclic amines) is 1. The van der Waals surface area contributed by atoms with Crippen LogP contribution < -0.4 is 14.8 Å². The van der Waals surface area contributed by atoms with Crippen LogP contribution in [0.5, 0.6) is 11.5 Å². The van der Waals surface area contributed by atoms with Crippen molar-refractivity contribution in [2.45, 2.75) is 19.8 Å². The summed E-state index contributed by atoms with van der Waals surface area (Å²) in [7, 11) is 3.09. The summed E-state index contributed by atoms with van der Waals surface area (Å²) >= 11 is 0.893. The highest BCUT2D eigenvalue weighted by atomic mass is 32.2. The molecule has 3 rings (SSSR count). The highest BCUT2D eigenvalue weighted by Crippen LogP contribution is 2.34. The van der Waals surface area contributed by atoms with Crippen molar-refractivity contribution >= 4 is 34.9 Å². The second-order valence-electron chi connectivity index (χ2n) is 7.76. The summed E-state index contributed by atoms with van der Waals surface area (Å²) in [5.74, 6) is 1.40. The lowest BCUT2D eigenvalue weighted by Gasteiger charge is -2.29. The second-order valence-corrected chi connectivity index (χ2v) is 8.75. The fraction of sp³-hybridized carbons (Fsp3) is 0.500. The van der Waals surface area contributed by atoms with Gasteiger partial charge in [0.1, 0.15) is 0 Å². The van der Waals surface area contributed by atoms with E-state index < -0.39 is 0 Å². The van der Waals surface area contributed by atoms with Gasteiger partial charge in [-0.3, -0.25) is 24.2 Å². The molecule has 3 amide bonds. The quantitative estimate of drug-likeness (QED) is 0.613. The van der Waals surface area contributed by atoms with Crippen molar-refractivity contribution < 1.29 is 23.9 Å². The molecule has 0 aliphatic carbocycles. The lowest BCUT2D eigenvalue weighted by molar-refractivity contribution is -0.125. The molecule has 2 heterocycles. The van der Waals surface area contributed by atoms with E-state index in [4.69, 9.17) is 9.47 Å². The molecule has 2 fully saturated rings. The molecule has 1 aromatic rings.